The number of anilines is 1. The molecule has 1 heterocycles. The lowest BCUT2D eigenvalue weighted by Gasteiger charge is -2.25. The Labute approximate surface area is 162 Å². The highest BCUT2D eigenvalue weighted by Crippen LogP contribution is 2.32. The van der Waals surface area contributed by atoms with Gasteiger partial charge in [0, 0.05) is 10.6 Å². The van der Waals surface area contributed by atoms with E-state index in [1.54, 1.807) is 30.0 Å². The number of imide groups is 1. The van der Waals surface area contributed by atoms with E-state index < -0.39 is 23.4 Å². The molecule has 0 bridgehead atoms. The van der Waals surface area contributed by atoms with Crippen LogP contribution >= 0.6 is 11.8 Å². The zero-order valence-corrected chi connectivity index (χ0v) is 16.0. The van der Waals surface area contributed by atoms with Gasteiger partial charge in [0.05, 0.1) is 0 Å². The Morgan fingerprint density at radius 3 is 2.56 bits per heavy atom. The van der Waals surface area contributed by atoms with Crippen LogP contribution in [0.25, 0.3) is 0 Å². The van der Waals surface area contributed by atoms with Gasteiger partial charge in [-0.05, 0) is 36.4 Å². The van der Waals surface area contributed by atoms with Crippen molar-refractivity contribution in [3.63, 3.8) is 0 Å². The molecule has 3 rings (SSSR count). The van der Waals surface area contributed by atoms with E-state index in [-0.39, 0.29) is 6.54 Å². The first-order valence-corrected chi connectivity index (χ1v) is 9.86. The van der Waals surface area contributed by atoms with E-state index in [4.69, 9.17) is 0 Å². The maximum absolute atomic E-state index is 13.0. The number of nitrogens with zero attached hydrogens (tertiary/aromatic N) is 1. The summed E-state index contributed by atoms with van der Waals surface area (Å²) < 4.78 is 0. The van der Waals surface area contributed by atoms with Crippen molar-refractivity contribution in [1.82, 2.24) is 10.2 Å². The second-order valence-corrected chi connectivity index (χ2v) is 7.11. The van der Waals surface area contributed by atoms with Crippen LogP contribution in [0.1, 0.15) is 18.9 Å². The van der Waals surface area contributed by atoms with E-state index in [0.717, 1.165) is 9.80 Å². The minimum absolute atomic E-state index is 0.331. The number of benzene rings is 2. The minimum Gasteiger partial charge on any atom is -0.324 e. The first-order valence-electron chi connectivity index (χ1n) is 8.63. The minimum atomic E-state index is -1.13. The second-order valence-electron chi connectivity index (χ2n) is 6.23. The maximum Gasteiger partial charge on any atom is 0.325 e. The van der Waals surface area contributed by atoms with Gasteiger partial charge < -0.3 is 10.6 Å². The Hall–Kier alpha value is -2.80. The third-order valence-electron chi connectivity index (χ3n) is 4.63. The van der Waals surface area contributed by atoms with Gasteiger partial charge in [0.15, 0.2) is 0 Å². The average molecular weight is 383 g/mol. The van der Waals surface area contributed by atoms with Crippen LogP contribution in [0.4, 0.5) is 10.5 Å². The zero-order chi connectivity index (χ0) is 19.4. The van der Waals surface area contributed by atoms with Crippen molar-refractivity contribution in [3.05, 3.63) is 60.2 Å². The summed E-state index contributed by atoms with van der Waals surface area (Å²) >= 11 is 1.56. The predicted octanol–water partition coefficient (Wildman–Crippen LogP) is 3.20. The molecule has 27 heavy (non-hydrogen) atoms. The average Bonchev–Trinajstić information content (AvgIpc) is 2.94. The van der Waals surface area contributed by atoms with Crippen LogP contribution in [0.3, 0.4) is 0 Å². The van der Waals surface area contributed by atoms with Crippen LogP contribution < -0.4 is 10.6 Å². The smallest absolute Gasteiger partial charge is 0.324 e. The number of hydrogen-bond donors (Lipinski definition) is 2. The Balaban J connectivity index is 1.76. The fourth-order valence-electron chi connectivity index (χ4n) is 3.18. The molecule has 6 nitrogen and oxygen atoms in total. The van der Waals surface area contributed by atoms with Gasteiger partial charge in [0.25, 0.3) is 5.91 Å². The van der Waals surface area contributed by atoms with Gasteiger partial charge in [-0.25, -0.2) is 4.79 Å². The summed E-state index contributed by atoms with van der Waals surface area (Å²) in [6, 6.07) is 15.9. The zero-order valence-electron chi connectivity index (χ0n) is 15.2. The molecule has 0 saturated carbocycles. The molecule has 2 N–H and O–H groups in total. The Morgan fingerprint density at radius 1 is 1.15 bits per heavy atom. The van der Waals surface area contributed by atoms with Gasteiger partial charge in [-0.15, -0.1) is 11.8 Å². The fourth-order valence-corrected chi connectivity index (χ4v) is 3.64. The van der Waals surface area contributed by atoms with Crippen molar-refractivity contribution >= 4 is 35.3 Å². The standard InChI is InChI=1S/C20H21N3O3S/c1-3-20(14-8-5-4-6-9-14)18(25)23(19(26)22-20)13-17(24)21-15-10-7-11-16(12-15)27-2/h4-12H,3,13H2,1-2H3,(H,21,24)(H,22,26)/t20-/m0/s1. The summed E-state index contributed by atoms with van der Waals surface area (Å²) in [5, 5.41) is 5.52. The number of urea groups is 1. The Bertz CT molecular complexity index is 872. The van der Waals surface area contributed by atoms with E-state index in [1.807, 2.05) is 49.6 Å². The van der Waals surface area contributed by atoms with Crippen LogP contribution in [0.5, 0.6) is 0 Å². The van der Waals surface area contributed by atoms with E-state index >= 15 is 0 Å². The fraction of sp³-hybridized carbons (Fsp3) is 0.250. The lowest BCUT2D eigenvalue weighted by Crippen LogP contribution is -2.44. The summed E-state index contributed by atoms with van der Waals surface area (Å²) in [5.74, 6) is -0.828. The van der Waals surface area contributed by atoms with Gasteiger partial charge in [0.1, 0.15) is 12.1 Å². The highest BCUT2D eigenvalue weighted by Gasteiger charge is 2.51. The molecule has 140 valence electrons. The number of rotatable bonds is 6. The van der Waals surface area contributed by atoms with Crippen LogP contribution in [0.2, 0.25) is 0 Å². The van der Waals surface area contributed by atoms with Gasteiger partial charge >= 0.3 is 6.03 Å². The molecule has 0 radical (unpaired) electrons. The highest BCUT2D eigenvalue weighted by atomic mass is 32.2. The molecule has 7 heteroatoms. The molecule has 0 aliphatic carbocycles. The lowest BCUT2D eigenvalue weighted by atomic mass is 9.87. The topological polar surface area (TPSA) is 78.5 Å². The largest absolute Gasteiger partial charge is 0.325 e. The first-order chi connectivity index (χ1) is 13.0. The molecular weight excluding hydrogens is 362 g/mol. The van der Waals surface area contributed by atoms with Crippen LogP contribution in [-0.4, -0.2) is 35.5 Å². The molecule has 1 fully saturated rings. The molecule has 0 aromatic heterocycles. The van der Waals surface area contributed by atoms with Crippen LogP contribution in [0.15, 0.2) is 59.5 Å². The Morgan fingerprint density at radius 2 is 1.89 bits per heavy atom. The molecule has 1 saturated heterocycles. The number of nitrogens with one attached hydrogen (secondary N) is 2. The third kappa shape index (κ3) is 3.68. The Kier molecular flexibility index (Phi) is 5.51. The molecule has 1 atom stereocenters. The van der Waals surface area contributed by atoms with Crippen molar-refractivity contribution in [2.75, 3.05) is 18.1 Å². The van der Waals surface area contributed by atoms with E-state index in [1.165, 1.54) is 0 Å². The van der Waals surface area contributed by atoms with Gasteiger partial charge in [0.2, 0.25) is 5.91 Å². The van der Waals surface area contributed by atoms with Crippen LogP contribution in [-0.2, 0) is 15.1 Å². The maximum atomic E-state index is 13.0. The molecule has 2 aromatic carbocycles. The van der Waals surface area contributed by atoms with Crippen molar-refractivity contribution < 1.29 is 14.4 Å². The van der Waals surface area contributed by atoms with Gasteiger partial charge in [-0.1, -0.05) is 43.3 Å². The molecule has 1 aliphatic rings. The predicted molar refractivity (Wildman–Crippen MR) is 106 cm³/mol. The molecule has 1 aliphatic heterocycles. The van der Waals surface area contributed by atoms with Gasteiger partial charge in [-0.3, -0.25) is 14.5 Å². The summed E-state index contributed by atoms with van der Waals surface area (Å²) in [5.41, 5.74) is 0.211. The summed E-state index contributed by atoms with van der Waals surface area (Å²) in [7, 11) is 0. The van der Waals surface area contributed by atoms with Crippen molar-refractivity contribution in [1.29, 1.82) is 0 Å². The quantitative estimate of drug-likeness (QED) is 0.593. The lowest BCUT2D eigenvalue weighted by molar-refractivity contribution is -0.134. The number of amides is 4. The van der Waals surface area contributed by atoms with Crippen LogP contribution in [0, 0.1) is 0 Å². The van der Waals surface area contributed by atoms with Crippen molar-refractivity contribution in [3.8, 4) is 0 Å². The molecule has 2 aromatic rings. The summed E-state index contributed by atoms with van der Waals surface area (Å²) in [6.45, 7) is 1.51. The SMILES string of the molecule is CC[C@@]1(c2ccccc2)NC(=O)N(CC(=O)Nc2cccc(SC)c2)C1=O. The number of carbonyl (C=O) groups is 3. The number of carbonyl (C=O) groups excluding carboxylic acids is 3. The molecule has 0 unspecified atom stereocenters. The van der Waals surface area contributed by atoms with Crippen molar-refractivity contribution in [2.45, 2.75) is 23.8 Å². The monoisotopic (exact) mass is 383 g/mol. The third-order valence-corrected chi connectivity index (χ3v) is 5.35. The molecular formula is C20H21N3O3S. The number of hydrogen-bond acceptors (Lipinski definition) is 4. The first kappa shape index (κ1) is 19.0. The van der Waals surface area contributed by atoms with Crippen molar-refractivity contribution in [2.24, 2.45) is 0 Å². The van der Waals surface area contributed by atoms with E-state index in [0.29, 0.717) is 17.7 Å². The molecule has 0 spiro atoms. The van der Waals surface area contributed by atoms with E-state index in [2.05, 4.69) is 10.6 Å². The molecule has 4 amide bonds. The number of thioether (sulfide) groups is 1. The van der Waals surface area contributed by atoms with Gasteiger partial charge in [-0.2, -0.15) is 0 Å². The normalized spacial score (nSPS) is 19.1. The van der Waals surface area contributed by atoms with E-state index in [9.17, 15) is 14.4 Å². The highest BCUT2D eigenvalue weighted by molar-refractivity contribution is 7.98. The summed E-state index contributed by atoms with van der Waals surface area (Å²) in [4.78, 5) is 39.8. The summed E-state index contributed by atoms with van der Waals surface area (Å²) in [6.07, 6.45) is 2.34. The second kappa shape index (κ2) is 7.84.